The summed E-state index contributed by atoms with van der Waals surface area (Å²) < 4.78 is 2.61. The minimum absolute atomic E-state index is 1.02. The van der Waals surface area contributed by atoms with Gasteiger partial charge in [-0.15, -0.1) is 11.3 Å². The summed E-state index contributed by atoms with van der Waals surface area (Å²) in [5.74, 6) is 0. The zero-order valence-corrected chi connectivity index (χ0v) is 22.5. The monoisotopic (exact) mass is 528 g/mol. The molecule has 0 spiro atoms. The summed E-state index contributed by atoms with van der Waals surface area (Å²) in [6.45, 7) is 0. The Bertz CT molecular complexity index is 2180. The summed E-state index contributed by atoms with van der Waals surface area (Å²) in [6.07, 6.45) is 1.98. The van der Waals surface area contributed by atoms with E-state index in [1.54, 1.807) is 0 Å². The molecule has 0 atom stereocenters. The molecule has 2 aromatic heterocycles. The standard InChI is InChI=1S/C37H24N2S/c1-2-10-30(11-3-1)39(34-14-8-16-36-37(34)32-12-5-7-15-35(32)40-36)31-20-19-25-17-18-26(21-28(25)23-31)29-22-27-9-4-6-13-33(27)38-24-29/h1-24H. The third kappa shape index (κ3) is 3.83. The highest BCUT2D eigenvalue weighted by atomic mass is 32.1. The molecule has 0 aliphatic carbocycles. The first kappa shape index (κ1) is 22.9. The van der Waals surface area contributed by atoms with Crippen LogP contribution in [0.2, 0.25) is 0 Å². The fourth-order valence-corrected chi connectivity index (χ4v) is 6.86. The molecule has 8 rings (SSSR count). The second kappa shape index (κ2) is 9.33. The first-order valence-electron chi connectivity index (χ1n) is 13.5. The van der Waals surface area contributed by atoms with E-state index in [-0.39, 0.29) is 0 Å². The van der Waals surface area contributed by atoms with Gasteiger partial charge < -0.3 is 4.90 Å². The van der Waals surface area contributed by atoms with Crippen molar-refractivity contribution in [1.82, 2.24) is 4.98 Å². The van der Waals surface area contributed by atoms with E-state index < -0.39 is 0 Å². The Morgan fingerprint density at radius 1 is 0.500 bits per heavy atom. The average molecular weight is 529 g/mol. The largest absolute Gasteiger partial charge is 0.310 e. The highest BCUT2D eigenvalue weighted by Gasteiger charge is 2.18. The molecule has 8 aromatic rings. The van der Waals surface area contributed by atoms with Crippen LogP contribution in [0.25, 0.3) is 53.0 Å². The van der Waals surface area contributed by atoms with Crippen LogP contribution in [-0.4, -0.2) is 4.98 Å². The highest BCUT2D eigenvalue weighted by Crippen LogP contribution is 2.45. The maximum absolute atomic E-state index is 4.70. The van der Waals surface area contributed by atoms with E-state index in [0.29, 0.717) is 0 Å². The molecule has 0 N–H and O–H groups in total. The first-order valence-corrected chi connectivity index (χ1v) is 14.3. The second-order valence-corrected chi connectivity index (χ2v) is 11.2. The van der Waals surface area contributed by atoms with Gasteiger partial charge in [-0.2, -0.15) is 0 Å². The molecule has 0 fully saturated rings. The van der Waals surface area contributed by atoms with Crippen molar-refractivity contribution in [2.24, 2.45) is 0 Å². The number of anilines is 3. The Labute approximate surface area is 236 Å². The second-order valence-electron chi connectivity index (χ2n) is 10.1. The molecular weight excluding hydrogens is 504 g/mol. The van der Waals surface area contributed by atoms with Crippen molar-refractivity contribution in [3.8, 4) is 11.1 Å². The van der Waals surface area contributed by atoms with Crippen LogP contribution < -0.4 is 4.90 Å². The summed E-state index contributed by atoms with van der Waals surface area (Å²) in [6, 6.07) is 50.0. The van der Waals surface area contributed by atoms with E-state index in [9.17, 15) is 0 Å². The summed E-state index contributed by atoms with van der Waals surface area (Å²) in [5, 5.41) is 6.16. The molecule has 6 aromatic carbocycles. The molecule has 0 amide bonds. The fourth-order valence-electron chi connectivity index (χ4n) is 5.73. The van der Waals surface area contributed by atoms with Gasteiger partial charge in [0.25, 0.3) is 0 Å². The number of rotatable bonds is 4. The molecule has 2 nitrogen and oxygen atoms in total. The van der Waals surface area contributed by atoms with Gasteiger partial charge in [0.05, 0.1) is 11.2 Å². The van der Waals surface area contributed by atoms with Crippen LogP contribution in [0.15, 0.2) is 146 Å². The van der Waals surface area contributed by atoms with Gasteiger partial charge in [0.2, 0.25) is 0 Å². The van der Waals surface area contributed by atoms with Crippen molar-refractivity contribution in [2.45, 2.75) is 0 Å². The molecule has 2 heterocycles. The van der Waals surface area contributed by atoms with Gasteiger partial charge in [0.15, 0.2) is 0 Å². The normalized spacial score (nSPS) is 11.5. The fraction of sp³-hybridized carbons (Fsp3) is 0. The molecule has 0 bridgehead atoms. The minimum atomic E-state index is 1.02. The number of benzene rings is 6. The molecule has 0 saturated carbocycles. The van der Waals surface area contributed by atoms with E-state index >= 15 is 0 Å². The summed E-state index contributed by atoms with van der Waals surface area (Å²) in [4.78, 5) is 7.10. The Hall–Kier alpha value is -4.99. The van der Waals surface area contributed by atoms with E-state index in [4.69, 9.17) is 4.98 Å². The van der Waals surface area contributed by atoms with Crippen molar-refractivity contribution in [3.63, 3.8) is 0 Å². The number of thiophene rings is 1. The number of aromatic nitrogens is 1. The predicted molar refractivity (Wildman–Crippen MR) is 172 cm³/mol. The van der Waals surface area contributed by atoms with Gasteiger partial charge in [0, 0.05) is 48.7 Å². The van der Waals surface area contributed by atoms with Gasteiger partial charge >= 0.3 is 0 Å². The molecule has 0 unspecified atom stereocenters. The van der Waals surface area contributed by atoms with Crippen LogP contribution in [-0.2, 0) is 0 Å². The quantitative estimate of drug-likeness (QED) is 0.226. The smallest absolute Gasteiger partial charge is 0.0702 e. The van der Waals surface area contributed by atoms with Crippen molar-refractivity contribution < 1.29 is 0 Å². The van der Waals surface area contributed by atoms with Crippen LogP contribution in [0.1, 0.15) is 0 Å². The topological polar surface area (TPSA) is 16.1 Å². The van der Waals surface area contributed by atoms with E-state index in [1.165, 1.54) is 42.2 Å². The number of pyridine rings is 1. The molecule has 0 aliphatic heterocycles. The maximum atomic E-state index is 4.70. The molecule has 0 saturated heterocycles. The van der Waals surface area contributed by atoms with Crippen LogP contribution >= 0.6 is 11.3 Å². The number of hydrogen-bond acceptors (Lipinski definition) is 3. The Morgan fingerprint density at radius 2 is 1.27 bits per heavy atom. The van der Waals surface area contributed by atoms with Crippen molar-refractivity contribution in [1.29, 1.82) is 0 Å². The molecule has 3 heteroatoms. The molecule has 0 radical (unpaired) electrons. The van der Waals surface area contributed by atoms with Gasteiger partial charge in [-0.25, -0.2) is 0 Å². The van der Waals surface area contributed by atoms with Crippen LogP contribution in [0.4, 0.5) is 17.1 Å². The van der Waals surface area contributed by atoms with Crippen molar-refractivity contribution >= 4 is 70.2 Å². The Morgan fingerprint density at radius 3 is 2.23 bits per heavy atom. The lowest BCUT2D eigenvalue weighted by Crippen LogP contribution is -2.10. The van der Waals surface area contributed by atoms with Crippen LogP contribution in [0.3, 0.4) is 0 Å². The molecule has 188 valence electrons. The van der Waals surface area contributed by atoms with Crippen molar-refractivity contribution in [3.05, 3.63) is 146 Å². The number of nitrogens with zero attached hydrogens (tertiary/aromatic N) is 2. The van der Waals surface area contributed by atoms with Gasteiger partial charge in [-0.1, -0.05) is 78.9 Å². The lowest BCUT2D eigenvalue weighted by atomic mass is 10.0. The third-order valence-electron chi connectivity index (χ3n) is 7.64. The summed E-state index contributed by atoms with van der Waals surface area (Å²) >= 11 is 1.85. The maximum Gasteiger partial charge on any atom is 0.0702 e. The van der Waals surface area contributed by atoms with E-state index in [0.717, 1.165) is 27.8 Å². The molecule has 40 heavy (non-hydrogen) atoms. The zero-order chi connectivity index (χ0) is 26.5. The third-order valence-corrected chi connectivity index (χ3v) is 8.78. The SMILES string of the molecule is c1ccc(N(c2ccc3ccc(-c4cnc5ccccc5c4)cc3c2)c2cccc3sc4ccccc4c23)cc1. The number of fused-ring (bicyclic) bond motifs is 5. The van der Waals surface area contributed by atoms with E-state index in [2.05, 4.69) is 138 Å². The van der Waals surface area contributed by atoms with Gasteiger partial charge in [-0.05, 0) is 77.0 Å². The first-order chi connectivity index (χ1) is 19.8. The number of para-hydroxylation sites is 2. The minimum Gasteiger partial charge on any atom is -0.310 e. The van der Waals surface area contributed by atoms with Gasteiger partial charge in [0.1, 0.15) is 0 Å². The van der Waals surface area contributed by atoms with Crippen molar-refractivity contribution in [2.75, 3.05) is 4.90 Å². The lowest BCUT2D eigenvalue weighted by Gasteiger charge is -2.27. The Kier molecular flexibility index (Phi) is 5.35. The van der Waals surface area contributed by atoms with E-state index in [1.807, 2.05) is 23.6 Å². The van der Waals surface area contributed by atoms with Crippen LogP contribution in [0, 0.1) is 0 Å². The number of hydrogen-bond donors (Lipinski definition) is 0. The van der Waals surface area contributed by atoms with Crippen LogP contribution in [0.5, 0.6) is 0 Å². The highest BCUT2D eigenvalue weighted by molar-refractivity contribution is 7.26. The summed E-state index contributed by atoms with van der Waals surface area (Å²) in [7, 11) is 0. The van der Waals surface area contributed by atoms with Gasteiger partial charge in [-0.3, -0.25) is 4.98 Å². The lowest BCUT2D eigenvalue weighted by molar-refractivity contribution is 1.31. The molecule has 0 aliphatic rings. The predicted octanol–water partition coefficient (Wildman–Crippen LogP) is 10.9. The molecular formula is C37H24N2S. The zero-order valence-electron chi connectivity index (χ0n) is 21.7. The average Bonchev–Trinajstić information content (AvgIpc) is 3.41. The Balaban J connectivity index is 1.32. The summed E-state index contributed by atoms with van der Waals surface area (Å²) in [5.41, 5.74) is 6.77.